The highest BCUT2D eigenvalue weighted by Crippen LogP contribution is 2.30. The molecule has 2 aromatic rings. The first-order valence-corrected chi connectivity index (χ1v) is 13.2. The van der Waals surface area contributed by atoms with Gasteiger partial charge in [0.25, 0.3) is 10.0 Å². The molecule has 0 heterocycles. The number of nitrogens with zero attached hydrogens (tertiary/aromatic N) is 1. The molecule has 1 N–H and O–H groups in total. The summed E-state index contributed by atoms with van der Waals surface area (Å²) < 4.78 is 33.9. The van der Waals surface area contributed by atoms with E-state index in [4.69, 9.17) is 4.74 Å². The lowest BCUT2D eigenvalue weighted by Crippen LogP contribution is -2.42. The Morgan fingerprint density at radius 3 is 2.41 bits per heavy atom. The maximum absolute atomic E-state index is 13.5. The minimum absolute atomic E-state index is 0.0768. The van der Waals surface area contributed by atoms with Crippen LogP contribution in [0.15, 0.2) is 51.8 Å². The fourth-order valence-electron chi connectivity index (χ4n) is 3.35. The number of amides is 1. The number of rotatable bonds is 12. The molecule has 32 heavy (non-hydrogen) atoms. The van der Waals surface area contributed by atoms with Gasteiger partial charge in [-0.1, -0.05) is 50.8 Å². The van der Waals surface area contributed by atoms with Gasteiger partial charge in [-0.15, -0.1) is 0 Å². The Hall–Kier alpha value is -2.06. The molecule has 0 aliphatic heterocycles. The predicted octanol–water partition coefficient (Wildman–Crippen LogP) is 5.29. The van der Waals surface area contributed by atoms with Gasteiger partial charge in [-0.05, 0) is 65.5 Å². The molecule has 0 aromatic heterocycles. The first kappa shape index (κ1) is 26.2. The highest BCUT2D eigenvalue weighted by atomic mass is 79.9. The number of anilines is 1. The van der Waals surface area contributed by atoms with Crippen molar-refractivity contribution in [1.82, 2.24) is 5.32 Å². The van der Waals surface area contributed by atoms with Crippen LogP contribution in [0.25, 0.3) is 0 Å². The van der Waals surface area contributed by atoms with Crippen molar-refractivity contribution in [3.63, 3.8) is 0 Å². The number of benzene rings is 2. The zero-order valence-corrected chi connectivity index (χ0v) is 21.6. The zero-order valence-electron chi connectivity index (χ0n) is 19.2. The molecule has 0 fully saturated rings. The first-order chi connectivity index (χ1) is 15.2. The second kappa shape index (κ2) is 12.3. The minimum Gasteiger partial charge on any atom is -0.496 e. The number of hydrogen-bond acceptors (Lipinski definition) is 4. The Morgan fingerprint density at radius 1 is 1.16 bits per heavy atom. The normalized spacial score (nSPS) is 12.3. The van der Waals surface area contributed by atoms with Crippen molar-refractivity contribution in [1.29, 1.82) is 0 Å². The zero-order chi connectivity index (χ0) is 23.7. The molecule has 0 aliphatic carbocycles. The second-order valence-electron chi connectivity index (χ2n) is 7.86. The van der Waals surface area contributed by atoms with Crippen molar-refractivity contribution < 1.29 is 17.9 Å². The fourth-order valence-corrected chi connectivity index (χ4v) is 5.49. The molecule has 2 aromatic carbocycles. The lowest BCUT2D eigenvalue weighted by Gasteiger charge is -2.25. The Bertz CT molecular complexity index is 994. The number of aryl methyl sites for hydroxylation is 1. The molecule has 0 radical (unpaired) electrons. The van der Waals surface area contributed by atoms with E-state index in [9.17, 15) is 13.2 Å². The van der Waals surface area contributed by atoms with E-state index in [1.807, 2.05) is 19.1 Å². The van der Waals surface area contributed by atoms with Gasteiger partial charge in [0.1, 0.15) is 12.3 Å². The fraction of sp³-hybridized carbons (Fsp3) is 0.458. The van der Waals surface area contributed by atoms with Gasteiger partial charge in [-0.3, -0.25) is 9.10 Å². The maximum Gasteiger partial charge on any atom is 0.264 e. The van der Waals surface area contributed by atoms with Crippen LogP contribution < -0.4 is 14.4 Å². The molecule has 0 spiro atoms. The Labute approximate surface area is 200 Å². The SMILES string of the molecule is CCCC[C@@H](CC)CNC(=O)CN(c1ccc(C)cc1)S(=O)(=O)c1ccc(OC)c(Br)c1. The van der Waals surface area contributed by atoms with Gasteiger partial charge in [0.15, 0.2) is 0 Å². The van der Waals surface area contributed by atoms with E-state index < -0.39 is 10.0 Å². The van der Waals surface area contributed by atoms with Crippen LogP contribution in [0, 0.1) is 12.8 Å². The van der Waals surface area contributed by atoms with E-state index in [1.165, 1.54) is 19.2 Å². The van der Waals surface area contributed by atoms with Crippen molar-refractivity contribution in [3.8, 4) is 5.75 Å². The summed E-state index contributed by atoms with van der Waals surface area (Å²) in [5.74, 6) is 0.596. The summed E-state index contributed by atoms with van der Waals surface area (Å²) in [6.07, 6.45) is 4.25. The summed E-state index contributed by atoms with van der Waals surface area (Å²) in [4.78, 5) is 12.9. The number of nitrogens with one attached hydrogen (secondary N) is 1. The van der Waals surface area contributed by atoms with Gasteiger partial charge in [0, 0.05) is 6.54 Å². The molecule has 0 saturated carbocycles. The standard InChI is InChI=1S/C24H33BrN2O4S/c1-5-7-8-19(6-2)16-26-24(28)17-27(20-11-9-18(3)10-12-20)32(29,30)21-13-14-23(31-4)22(25)15-21/h9-15,19H,5-8,16-17H2,1-4H3,(H,26,28)/t19-/m1/s1. The van der Waals surface area contributed by atoms with Gasteiger partial charge in [0.2, 0.25) is 5.91 Å². The van der Waals surface area contributed by atoms with E-state index in [2.05, 4.69) is 35.1 Å². The van der Waals surface area contributed by atoms with Gasteiger partial charge in [-0.25, -0.2) is 8.42 Å². The van der Waals surface area contributed by atoms with Crippen LogP contribution in [0.1, 0.15) is 45.1 Å². The number of halogens is 1. The van der Waals surface area contributed by atoms with Crippen molar-refractivity contribution >= 4 is 37.5 Å². The summed E-state index contributed by atoms with van der Waals surface area (Å²) in [6.45, 7) is 6.44. The van der Waals surface area contributed by atoms with Gasteiger partial charge < -0.3 is 10.1 Å². The average Bonchev–Trinajstić information content (AvgIpc) is 2.78. The van der Waals surface area contributed by atoms with Crippen LogP contribution in [-0.2, 0) is 14.8 Å². The third-order valence-corrected chi connectivity index (χ3v) is 7.84. The number of methoxy groups -OCH3 is 1. The second-order valence-corrected chi connectivity index (χ2v) is 10.6. The van der Waals surface area contributed by atoms with E-state index >= 15 is 0 Å². The maximum atomic E-state index is 13.5. The van der Waals surface area contributed by atoms with Gasteiger partial charge >= 0.3 is 0 Å². The van der Waals surface area contributed by atoms with Crippen molar-refractivity contribution in [2.24, 2.45) is 5.92 Å². The lowest BCUT2D eigenvalue weighted by molar-refractivity contribution is -0.119. The quantitative estimate of drug-likeness (QED) is 0.409. The molecule has 0 bridgehead atoms. The van der Waals surface area contributed by atoms with Crippen LogP contribution in [0.4, 0.5) is 5.69 Å². The van der Waals surface area contributed by atoms with Gasteiger partial charge in [0.05, 0.1) is 22.2 Å². The molecular formula is C24H33BrN2O4S. The average molecular weight is 526 g/mol. The number of hydrogen-bond donors (Lipinski definition) is 1. The highest BCUT2D eigenvalue weighted by molar-refractivity contribution is 9.10. The van der Waals surface area contributed by atoms with E-state index in [0.717, 1.165) is 35.6 Å². The van der Waals surface area contributed by atoms with Crippen LogP contribution in [-0.4, -0.2) is 34.5 Å². The molecule has 0 saturated heterocycles. The molecular weight excluding hydrogens is 492 g/mol. The third-order valence-electron chi connectivity index (χ3n) is 5.45. The van der Waals surface area contributed by atoms with Crippen molar-refractivity contribution in [3.05, 3.63) is 52.5 Å². The molecule has 8 heteroatoms. The van der Waals surface area contributed by atoms with E-state index in [-0.39, 0.29) is 17.3 Å². The number of sulfonamides is 1. The molecule has 0 unspecified atom stereocenters. The van der Waals surface area contributed by atoms with E-state index in [0.29, 0.717) is 28.4 Å². The van der Waals surface area contributed by atoms with Crippen molar-refractivity contribution in [2.75, 3.05) is 24.5 Å². The minimum atomic E-state index is -3.98. The summed E-state index contributed by atoms with van der Waals surface area (Å²) in [7, 11) is -2.47. The molecule has 0 aliphatic rings. The Kier molecular flexibility index (Phi) is 10.0. The predicted molar refractivity (Wildman–Crippen MR) is 133 cm³/mol. The Morgan fingerprint density at radius 2 is 1.84 bits per heavy atom. The van der Waals surface area contributed by atoms with Crippen molar-refractivity contribution in [2.45, 2.75) is 51.3 Å². The molecule has 176 valence electrons. The summed E-state index contributed by atoms with van der Waals surface area (Å²) in [5, 5.41) is 2.93. The number of carbonyl (C=O) groups is 1. The number of carbonyl (C=O) groups excluding carboxylic acids is 1. The number of unbranched alkanes of at least 4 members (excludes halogenated alkanes) is 1. The Balaban J connectivity index is 2.29. The highest BCUT2D eigenvalue weighted by Gasteiger charge is 2.28. The van der Waals surface area contributed by atoms with Crippen LogP contribution in [0.3, 0.4) is 0 Å². The molecule has 1 amide bonds. The third kappa shape index (κ3) is 6.97. The van der Waals surface area contributed by atoms with E-state index in [1.54, 1.807) is 18.2 Å². The smallest absolute Gasteiger partial charge is 0.264 e. The molecule has 6 nitrogen and oxygen atoms in total. The van der Waals surface area contributed by atoms with Gasteiger partial charge in [-0.2, -0.15) is 0 Å². The molecule has 2 rings (SSSR count). The monoisotopic (exact) mass is 524 g/mol. The number of ether oxygens (including phenoxy) is 1. The van der Waals surface area contributed by atoms with Crippen LogP contribution >= 0.6 is 15.9 Å². The van der Waals surface area contributed by atoms with Crippen LogP contribution in [0.2, 0.25) is 0 Å². The lowest BCUT2D eigenvalue weighted by atomic mass is 9.99. The largest absolute Gasteiger partial charge is 0.496 e. The van der Waals surface area contributed by atoms with Crippen LogP contribution in [0.5, 0.6) is 5.75 Å². The molecule has 1 atom stereocenters. The summed E-state index contributed by atoms with van der Waals surface area (Å²) in [6, 6.07) is 11.7. The summed E-state index contributed by atoms with van der Waals surface area (Å²) in [5.41, 5.74) is 1.44. The topological polar surface area (TPSA) is 75.7 Å². The first-order valence-electron chi connectivity index (χ1n) is 10.9. The summed E-state index contributed by atoms with van der Waals surface area (Å²) >= 11 is 3.35.